The van der Waals surface area contributed by atoms with E-state index in [1.54, 1.807) is 0 Å². The van der Waals surface area contributed by atoms with Crippen LogP contribution in [-0.4, -0.2) is 0 Å². The van der Waals surface area contributed by atoms with Crippen molar-refractivity contribution in [2.24, 2.45) is 5.41 Å². The Hall–Kier alpha value is -0.880. The minimum atomic E-state index is -0.0613. The van der Waals surface area contributed by atoms with Crippen LogP contribution >= 0.6 is 45.2 Å². The molecule has 1 unspecified atom stereocenters. The Morgan fingerprint density at radius 1 is 0.769 bits per heavy atom. The lowest BCUT2D eigenvalue weighted by Gasteiger charge is -2.51. The highest BCUT2D eigenvalue weighted by Crippen LogP contribution is 2.58. The molecule has 1 aromatic rings. The lowest BCUT2D eigenvalue weighted by molar-refractivity contribution is 0.277. The van der Waals surface area contributed by atoms with E-state index in [1.165, 1.54) is 18.3 Å². The Bertz CT molecular complexity index is 881. The third kappa shape index (κ3) is 2.93. The van der Waals surface area contributed by atoms with Gasteiger partial charge >= 0.3 is 0 Å². The quantitative estimate of drug-likeness (QED) is 0.332. The largest absolute Gasteiger partial charge is 0.0839 e. The molecular formula is C24H22I2. The molecule has 0 spiro atoms. The Morgan fingerprint density at radius 2 is 1.46 bits per heavy atom. The van der Waals surface area contributed by atoms with E-state index < -0.39 is 0 Å². The number of hydrogen-bond donors (Lipinski definition) is 0. The molecule has 1 aromatic carbocycles. The van der Waals surface area contributed by atoms with E-state index in [-0.39, 0.29) is 10.8 Å². The van der Waals surface area contributed by atoms with Gasteiger partial charge in [-0.15, -0.1) is 0 Å². The lowest BCUT2D eigenvalue weighted by Crippen LogP contribution is -2.46. The predicted molar refractivity (Wildman–Crippen MR) is 128 cm³/mol. The van der Waals surface area contributed by atoms with Crippen molar-refractivity contribution in [3.05, 3.63) is 103 Å². The van der Waals surface area contributed by atoms with Crippen LogP contribution < -0.4 is 0 Å². The Balaban J connectivity index is 2.01. The molecule has 0 amide bonds. The molecule has 3 aliphatic carbocycles. The van der Waals surface area contributed by atoms with Crippen LogP contribution in [0.4, 0.5) is 0 Å². The van der Waals surface area contributed by atoms with Gasteiger partial charge in [-0.05, 0) is 91.6 Å². The molecule has 132 valence electrons. The summed E-state index contributed by atoms with van der Waals surface area (Å²) in [4.78, 5) is 0. The molecule has 4 rings (SSSR count). The Kier molecular flexibility index (Phi) is 5.42. The molecule has 0 bridgehead atoms. The van der Waals surface area contributed by atoms with E-state index >= 15 is 0 Å². The van der Waals surface area contributed by atoms with Gasteiger partial charge in [-0.2, -0.15) is 0 Å². The molecule has 2 heteroatoms. The summed E-state index contributed by atoms with van der Waals surface area (Å²) in [7, 11) is 0. The molecule has 0 radical (unpaired) electrons. The summed E-state index contributed by atoms with van der Waals surface area (Å²) in [5.74, 6) is 0. The summed E-state index contributed by atoms with van der Waals surface area (Å²) < 4.78 is 2.86. The second kappa shape index (κ2) is 7.63. The molecular weight excluding hydrogens is 542 g/mol. The zero-order chi connectivity index (χ0) is 18.0. The van der Waals surface area contributed by atoms with Crippen LogP contribution in [0.1, 0.15) is 31.2 Å². The summed E-state index contributed by atoms with van der Waals surface area (Å²) in [5.41, 5.74) is 2.84. The van der Waals surface area contributed by atoms with Gasteiger partial charge in [0, 0.05) is 14.4 Å². The number of rotatable bonds is 3. The summed E-state index contributed by atoms with van der Waals surface area (Å²) in [6.45, 7) is 0. The number of hydrogen-bond acceptors (Lipinski definition) is 0. The van der Waals surface area contributed by atoms with Crippen molar-refractivity contribution < 1.29 is 0 Å². The van der Waals surface area contributed by atoms with E-state index in [4.69, 9.17) is 0 Å². The topological polar surface area (TPSA) is 0 Å². The SMILES string of the molecule is IC1=C([C@@]2(C3(c4ccccc4I)C=CC=CC3)C=CC=CC2)C=CCC1. The molecule has 0 heterocycles. The number of benzene rings is 1. The van der Waals surface area contributed by atoms with Crippen molar-refractivity contribution >= 4 is 45.2 Å². The maximum atomic E-state index is 2.59. The van der Waals surface area contributed by atoms with Crippen molar-refractivity contribution in [1.82, 2.24) is 0 Å². The average Bonchev–Trinajstić information content (AvgIpc) is 2.70. The predicted octanol–water partition coefficient (Wildman–Crippen LogP) is 7.59. The second-order valence-corrected chi connectivity index (χ2v) is 9.63. The van der Waals surface area contributed by atoms with Crippen LogP contribution in [0.25, 0.3) is 0 Å². The van der Waals surface area contributed by atoms with E-state index in [1.807, 2.05) is 0 Å². The zero-order valence-corrected chi connectivity index (χ0v) is 19.0. The van der Waals surface area contributed by atoms with Crippen LogP contribution in [0, 0.1) is 8.99 Å². The van der Waals surface area contributed by atoms with E-state index in [9.17, 15) is 0 Å². The summed E-state index contributed by atoms with van der Waals surface area (Å²) in [5, 5.41) is 0. The molecule has 0 saturated carbocycles. The van der Waals surface area contributed by atoms with Crippen molar-refractivity contribution in [3.8, 4) is 0 Å². The van der Waals surface area contributed by atoms with Crippen LogP contribution in [0.2, 0.25) is 0 Å². The summed E-state index contributed by atoms with van der Waals surface area (Å²) in [6, 6.07) is 8.92. The fourth-order valence-electron chi connectivity index (χ4n) is 4.63. The van der Waals surface area contributed by atoms with E-state index in [0.29, 0.717) is 0 Å². The maximum Gasteiger partial charge on any atom is 0.0315 e. The molecule has 0 fully saturated rings. The van der Waals surface area contributed by atoms with Crippen LogP contribution in [-0.2, 0) is 5.41 Å². The molecule has 3 aliphatic rings. The van der Waals surface area contributed by atoms with Gasteiger partial charge < -0.3 is 0 Å². The molecule has 2 atom stereocenters. The van der Waals surface area contributed by atoms with Gasteiger partial charge in [-0.25, -0.2) is 0 Å². The van der Waals surface area contributed by atoms with E-state index in [0.717, 1.165) is 25.7 Å². The van der Waals surface area contributed by atoms with Crippen molar-refractivity contribution in [2.75, 3.05) is 0 Å². The van der Waals surface area contributed by atoms with Gasteiger partial charge in [0.15, 0.2) is 0 Å². The first kappa shape index (κ1) is 18.5. The van der Waals surface area contributed by atoms with Gasteiger partial charge in [0.05, 0.1) is 0 Å². The highest BCUT2D eigenvalue weighted by atomic mass is 127. The number of allylic oxidation sites excluding steroid dienone is 12. The van der Waals surface area contributed by atoms with Crippen LogP contribution in [0.5, 0.6) is 0 Å². The highest BCUT2D eigenvalue weighted by Gasteiger charge is 2.51. The first-order valence-electron chi connectivity index (χ1n) is 9.19. The van der Waals surface area contributed by atoms with Gasteiger partial charge in [0.1, 0.15) is 0 Å². The molecule has 0 aromatic heterocycles. The maximum absolute atomic E-state index is 2.59. The van der Waals surface area contributed by atoms with Crippen molar-refractivity contribution in [1.29, 1.82) is 0 Å². The fraction of sp³-hybridized carbons (Fsp3) is 0.250. The normalized spacial score (nSPS) is 30.2. The van der Waals surface area contributed by atoms with Gasteiger partial charge in [-0.3, -0.25) is 0 Å². The Labute approximate surface area is 183 Å². The summed E-state index contributed by atoms with van der Waals surface area (Å²) in [6.07, 6.45) is 27.7. The standard InChI is InChI=1S/C24H22I2/c25-21-13-5-3-11-19(21)23(15-7-1-8-16-23)24(17-9-2-10-18-24)20-12-4-6-14-22(20)26/h1-5,7-13,15,17H,6,14,16,18H2/t23?,24-/m1/s1. The monoisotopic (exact) mass is 564 g/mol. The first-order valence-corrected chi connectivity index (χ1v) is 11.3. The van der Waals surface area contributed by atoms with Crippen molar-refractivity contribution in [2.45, 2.75) is 31.1 Å². The molecule has 0 saturated heterocycles. The number of halogens is 2. The third-order valence-corrected chi connectivity index (χ3v) is 7.94. The zero-order valence-electron chi connectivity index (χ0n) is 14.7. The minimum Gasteiger partial charge on any atom is -0.0839 e. The smallest absolute Gasteiger partial charge is 0.0315 e. The average molecular weight is 564 g/mol. The van der Waals surface area contributed by atoms with Crippen molar-refractivity contribution in [3.63, 3.8) is 0 Å². The molecule has 0 nitrogen and oxygen atoms in total. The highest BCUT2D eigenvalue weighted by molar-refractivity contribution is 14.1. The second-order valence-electron chi connectivity index (χ2n) is 7.16. The minimum absolute atomic E-state index is 0.0439. The Morgan fingerprint density at radius 3 is 2.08 bits per heavy atom. The molecule has 26 heavy (non-hydrogen) atoms. The molecule has 0 N–H and O–H groups in total. The molecule has 0 aliphatic heterocycles. The summed E-state index contributed by atoms with van der Waals surface area (Å²) >= 11 is 5.10. The first-order chi connectivity index (χ1) is 12.7. The van der Waals surface area contributed by atoms with Crippen LogP contribution in [0.15, 0.2) is 94.2 Å². The van der Waals surface area contributed by atoms with Crippen LogP contribution in [0.3, 0.4) is 0 Å². The lowest BCUT2D eigenvalue weighted by atomic mass is 9.52. The van der Waals surface area contributed by atoms with Gasteiger partial charge in [-0.1, -0.05) is 79.0 Å². The fourth-order valence-corrected chi connectivity index (χ4v) is 6.47. The van der Waals surface area contributed by atoms with E-state index in [2.05, 4.69) is 130 Å². The third-order valence-electron chi connectivity index (χ3n) is 5.87. The van der Waals surface area contributed by atoms with Gasteiger partial charge in [0.2, 0.25) is 0 Å². The van der Waals surface area contributed by atoms with Gasteiger partial charge in [0.25, 0.3) is 0 Å².